The second-order valence-electron chi connectivity index (χ2n) is 9.90. The number of nitrogens with zero attached hydrogens (tertiary/aromatic N) is 1. The lowest BCUT2D eigenvalue weighted by Crippen LogP contribution is -2.51. The minimum atomic E-state index is -0.234. The van der Waals surface area contributed by atoms with Gasteiger partial charge in [0.05, 0.1) is 23.5 Å². The van der Waals surface area contributed by atoms with Gasteiger partial charge in [-0.25, -0.2) is 0 Å². The standard InChI is InChI=1S/C24H31NO4/c1-14-19(15(2)29-25-14)13-28-18-7-5-16(6-8-18)21-20-11-17-12-24(20,9-10-27-21)22(26)23(17,3)4/h5-8,17,20-22,26H,9-13H2,1-4H3/t17-,20-,21-,22-,24-/m1/s1. The van der Waals surface area contributed by atoms with Gasteiger partial charge in [0.15, 0.2) is 0 Å². The molecule has 0 radical (unpaired) electrons. The Morgan fingerprint density at radius 2 is 1.97 bits per heavy atom. The van der Waals surface area contributed by atoms with E-state index in [0.29, 0.717) is 18.4 Å². The van der Waals surface area contributed by atoms with Crippen molar-refractivity contribution in [2.45, 2.75) is 65.8 Å². The van der Waals surface area contributed by atoms with Crippen molar-refractivity contribution in [1.29, 1.82) is 0 Å². The molecule has 5 heteroatoms. The van der Waals surface area contributed by atoms with Crippen molar-refractivity contribution < 1.29 is 19.1 Å². The summed E-state index contributed by atoms with van der Waals surface area (Å²) in [6.07, 6.45) is 3.11. The fourth-order valence-electron chi connectivity index (χ4n) is 6.37. The number of benzene rings is 1. The quantitative estimate of drug-likeness (QED) is 0.807. The molecule has 5 rings (SSSR count). The molecular formula is C24H31NO4. The van der Waals surface area contributed by atoms with Crippen LogP contribution in [0.1, 0.15) is 61.8 Å². The van der Waals surface area contributed by atoms with Crippen LogP contribution in [0.4, 0.5) is 0 Å². The molecule has 3 fully saturated rings. The van der Waals surface area contributed by atoms with Crippen LogP contribution in [0.15, 0.2) is 28.8 Å². The first kappa shape index (κ1) is 19.1. The number of aliphatic hydroxyl groups is 1. The van der Waals surface area contributed by atoms with Gasteiger partial charge in [-0.15, -0.1) is 0 Å². The number of aryl methyl sites for hydroxylation is 2. The van der Waals surface area contributed by atoms with E-state index >= 15 is 0 Å². The summed E-state index contributed by atoms with van der Waals surface area (Å²) >= 11 is 0. The molecular weight excluding hydrogens is 366 g/mol. The van der Waals surface area contributed by atoms with E-state index in [0.717, 1.165) is 48.6 Å². The van der Waals surface area contributed by atoms with Crippen molar-refractivity contribution in [2.75, 3.05) is 6.61 Å². The third kappa shape index (κ3) is 2.77. The molecule has 2 saturated carbocycles. The van der Waals surface area contributed by atoms with Crippen LogP contribution in [0.2, 0.25) is 0 Å². The molecule has 156 valence electrons. The van der Waals surface area contributed by atoms with Gasteiger partial charge < -0.3 is 19.1 Å². The second-order valence-corrected chi connectivity index (χ2v) is 9.90. The summed E-state index contributed by atoms with van der Waals surface area (Å²) in [5, 5.41) is 15.1. The highest BCUT2D eigenvalue weighted by molar-refractivity contribution is 5.31. The molecule has 5 atom stereocenters. The maximum absolute atomic E-state index is 11.2. The summed E-state index contributed by atoms with van der Waals surface area (Å²) in [5.74, 6) is 2.62. The van der Waals surface area contributed by atoms with E-state index in [4.69, 9.17) is 14.0 Å². The summed E-state index contributed by atoms with van der Waals surface area (Å²) in [6.45, 7) is 9.49. The van der Waals surface area contributed by atoms with Crippen LogP contribution in [-0.4, -0.2) is 23.0 Å². The van der Waals surface area contributed by atoms with Crippen LogP contribution in [0.25, 0.3) is 0 Å². The predicted molar refractivity (Wildman–Crippen MR) is 108 cm³/mol. The van der Waals surface area contributed by atoms with Crippen LogP contribution in [0.3, 0.4) is 0 Å². The highest BCUT2D eigenvalue weighted by atomic mass is 16.5. The van der Waals surface area contributed by atoms with E-state index < -0.39 is 0 Å². The normalized spacial score (nSPS) is 34.9. The topological polar surface area (TPSA) is 64.7 Å². The number of rotatable bonds is 4. The molecule has 0 unspecified atom stereocenters. The summed E-state index contributed by atoms with van der Waals surface area (Å²) in [4.78, 5) is 0. The number of hydrogen-bond donors (Lipinski definition) is 1. The average molecular weight is 398 g/mol. The number of aromatic nitrogens is 1. The van der Waals surface area contributed by atoms with Gasteiger partial charge >= 0.3 is 0 Å². The molecule has 2 heterocycles. The predicted octanol–water partition coefficient (Wildman–Crippen LogP) is 4.75. The lowest BCUT2D eigenvalue weighted by atomic mass is 9.60. The van der Waals surface area contributed by atoms with E-state index in [1.54, 1.807) is 0 Å². The molecule has 2 aromatic rings. The Labute approximate surface area is 172 Å². The minimum absolute atomic E-state index is 0.0221. The first-order valence-electron chi connectivity index (χ1n) is 10.8. The molecule has 1 aromatic heterocycles. The molecule has 1 aromatic carbocycles. The highest BCUT2D eigenvalue weighted by Gasteiger charge is 2.67. The molecule has 1 N–H and O–H groups in total. The zero-order valence-corrected chi connectivity index (χ0v) is 17.8. The summed E-state index contributed by atoms with van der Waals surface area (Å²) in [5.41, 5.74) is 3.11. The monoisotopic (exact) mass is 397 g/mol. The van der Waals surface area contributed by atoms with Gasteiger partial charge in [0, 0.05) is 12.0 Å². The van der Waals surface area contributed by atoms with Crippen LogP contribution in [0.5, 0.6) is 5.75 Å². The van der Waals surface area contributed by atoms with E-state index in [2.05, 4.69) is 31.1 Å². The van der Waals surface area contributed by atoms with Crippen LogP contribution in [-0.2, 0) is 11.3 Å². The Morgan fingerprint density at radius 3 is 2.62 bits per heavy atom. The largest absolute Gasteiger partial charge is 0.489 e. The second kappa shape index (κ2) is 6.58. The van der Waals surface area contributed by atoms with E-state index in [1.807, 2.05) is 26.0 Å². The molecule has 0 amide bonds. The zero-order chi connectivity index (χ0) is 20.4. The Bertz CT molecular complexity index is 883. The molecule has 1 saturated heterocycles. The first-order valence-corrected chi connectivity index (χ1v) is 10.8. The average Bonchev–Trinajstić information content (AvgIpc) is 3.32. The fraction of sp³-hybridized carbons (Fsp3) is 0.625. The molecule has 1 aliphatic heterocycles. The summed E-state index contributed by atoms with van der Waals surface area (Å²) in [6, 6.07) is 8.28. The summed E-state index contributed by atoms with van der Waals surface area (Å²) < 4.78 is 17.4. The number of fused-ring (bicyclic) bond motifs is 1. The van der Waals surface area contributed by atoms with Gasteiger partial charge in [-0.3, -0.25) is 0 Å². The lowest BCUT2D eigenvalue weighted by molar-refractivity contribution is -0.164. The van der Waals surface area contributed by atoms with Crippen molar-refractivity contribution in [3.63, 3.8) is 0 Å². The van der Waals surface area contributed by atoms with Gasteiger partial charge in [-0.2, -0.15) is 0 Å². The van der Waals surface area contributed by atoms with Gasteiger partial charge in [0.2, 0.25) is 0 Å². The third-order valence-corrected chi connectivity index (χ3v) is 8.21. The smallest absolute Gasteiger partial charge is 0.140 e. The zero-order valence-electron chi connectivity index (χ0n) is 17.8. The van der Waals surface area contributed by atoms with Gasteiger partial charge in [-0.05, 0) is 68.1 Å². The Balaban J connectivity index is 1.32. The number of ether oxygens (including phenoxy) is 2. The van der Waals surface area contributed by atoms with E-state index in [1.165, 1.54) is 5.56 Å². The SMILES string of the molecule is Cc1noc(C)c1COc1ccc([C@H]2OCC[C@@]34C[C@@H](C[C@H]23)C(C)(C)[C@H]4O)cc1. The first-order chi connectivity index (χ1) is 13.8. The highest BCUT2D eigenvalue weighted by Crippen LogP contribution is 2.70. The Hall–Kier alpha value is -1.85. The molecule has 29 heavy (non-hydrogen) atoms. The number of hydrogen-bond acceptors (Lipinski definition) is 5. The van der Waals surface area contributed by atoms with Crippen molar-refractivity contribution in [3.05, 3.63) is 46.8 Å². The summed E-state index contributed by atoms with van der Waals surface area (Å²) in [7, 11) is 0. The molecule has 2 bridgehead atoms. The Kier molecular flexibility index (Phi) is 4.34. The maximum Gasteiger partial charge on any atom is 0.140 e. The molecule has 1 spiro atoms. The number of aliphatic hydroxyl groups excluding tert-OH is 1. The fourth-order valence-corrected chi connectivity index (χ4v) is 6.37. The molecule has 3 aliphatic rings. The van der Waals surface area contributed by atoms with Crippen LogP contribution in [0, 0.1) is 36.5 Å². The van der Waals surface area contributed by atoms with Crippen molar-refractivity contribution in [3.8, 4) is 5.75 Å². The van der Waals surface area contributed by atoms with E-state index in [-0.39, 0.29) is 23.0 Å². The van der Waals surface area contributed by atoms with E-state index in [9.17, 15) is 5.11 Å². The minimum Gasteiger partial charge on any atom is -0.489 e. The van der Waals surface area contributed by atoms with Gasteiger partial charge in [0.1, 0.15) is 18.1 Å². The van der Waals surface area contributed by atoms with Crippen molar-refractivity contribution >= 4 is 0 Å². The van der Waals surface area contributed by atoms with Gasteiger partial charge in [-0.1, -0.05) is 31.1 Å². The van der Waals surface area contributed by atoms with Crippen molar-refractivity contribution in [1.82, 2.24) is 5.16 Å². The lowest BCUT2D eigenvalue weighted by Gasteiger charge is -2.51. The van der Waals surface area contributed by atoms with Crippen molar-refractivity contribution in [2.24, 2.45) is 22.7 Å². The molecule has 5 nitrogen and oxygen atoms in total. The maximum atomic E-state index is 11.2. The Morgan fingerprint density at radius 1 is 1.21 bits per heavy atom. The van der Waals surface area contributed by atoms with Crippen LogP contribution < -0.4 is 4.74 Å². The third-order valence-electron chi connectivity index (χ3n) is 8.21. The molecule has 2 aliphatic carbocycles. The van der Waals surface area contributed by atoms with Crippen LogP contribution >= 0.6 is 0 Å². The van der Waals surface area contributed by atoms with Gasteiger partial charge in [0.25, 0.3) is 0 Å².